The average Bonchev–Trinajstić information content (AvgIpc) is 3.29. The number of nitrogens with one attached hydrogen (secondary N) is 1. The van der Waals surface area contributed by atoms with Gasteiger partial charge >= 0.3 is 5.97 Å². The van der Waals surface area contributed by atoms with Crippen LogP contribution in [0.15, 0.2) is 121 Å². The van der Waals surface area contributed by atoms with Crippen LogP contribution in [0.4, 0.5) is 28.4 Å². The molecular formula is C60H73N3O2. The Morgan fingerprint density at radius 1 is 0.677 bits per heavy atom. The van der Waals surface area contributed by atoms with Crippen molar-refractivity contribution in [1.82, 2.24) is 0 Å². The first-order valence-electron chi connectivity index (χ1n) is 24.5. The monoisotopic (exact) mass is 868 g/mol. The quantitative estimate of drug-likeness (QED) is 0.0530. The SMILES string of the molecule is C=C(C)C(=O)OC1CCCCC1Nc1ccc(C(c2ccc(N(CCCC)c3c(C)cc(C)cc3C)cc2)c2ccc(N(CCCC)c3c(C)cc(C)cc3CC)cc2)c2ccccc12. The Balaban J connectivity index is 1.34. The van der Waals surface area contributed by atoms with E-state index in [0.29, 0.717) is 5.57 Å². The molecule has 0 radical (unpaired) electrons. The fourth-order valence-electron chi connectivity index (χ4n) is 10.5. The smallest absolute Gasteiger partial charge is 0.333 e. The Kier molecular flexibility index (Phi) is 15.6. The van der Waals surface area contributed by atoms with E-state index in [2.05, 4.69) is 186 Å². The predicted octanol–water partition coefficient (Wildman–Crippen LogP) is 15.8. The van der Waals surface area contributed by atoms with Gasteiger partial charge in [0.05, 0.1) is 6.04 Å². The van der Waals surface area contributed by atoms with Gasteiger partial charge in [0.2, 0.25) is 0 Å². The molecule has 65 heavy (non-hydrogen) atoms. The molecule has 0 saturated heterocycles. The van der Waals surface area contributed by atoms with Crippen LogP contribution in [0.2, 0.25) is 0 Å². The highest BCUT2D eigenvalue weighted by molar-refractivity contribution is 5.97. The maximum absolute atomic E-state index is 12.7. The van der Waals surface area contributed by atoms with E-state index < -0.39 is 0 Å². The lowest BCUT2D eigenvalue weighted by molar-refractivity contribution is -0.146. The summed E-state index contributed by atoms with van der Waals surface area (Å²) in [7, 11) is 0. The Bertz CT molecular complexity index is 2570. The van der Waals surface area contributed by atoms with Gasteiger partial charge in [-0.2, -0.15) is 0 Å². The molecule has 1 aliphatic carbocycles. The minimum absolute atomic E-state index is 0.0229. The van der Waals surface area contributed by atoms with E-state index in [9.17, 15) is 4.79 Å². The van der Waals surface area contributed by atoms with Gasteiger partial charge in [0.1, 0.15) is 6.10 Å². The highest BCUT2D eigenvalue weighted by Gasteiger charge is 2.30. The summed E-state index contributed by atoms with van der Waals surface area (Å²) in [5, 5.41) is 6.26. The maximum Gasteiger partial charge on any atom is 0.333 e. The molecule has 0 aromatic heterocycles. The van der Waals surface area contributed by atoms with E-state index in [1.807, 2.05) is 0 Å². The second-order valence-corrected chi connectivity index (χ2v) is 18.8. The van der Waals surface area contributed by atoms with Crippen molar-refractivity contribution in [1.29, 1.82) is 0 Å². The number of carbonyl (C=O) groups is 1. The zero-order chi connectivity index (χ0) is 46.2. The lowest BCUT2D eigenvalue weighted by Crippen LogP contribution is -2.40. The van der Waals surface area contributed by atoms with Gasteiger partial charge in [0.25, 0.3) is 0 Å². The van der Waals surface area contributed by atoms with Crippen molar-refractivity contribution in [3.63, 3.8) is 0 Å². The number of anilines is 5. The fraction of sp³-hybridized carbons (Fsp3) is 0.383. The molecule has 0 spiro atoms. The number of ether oxygens (including phenoxy) is 1. The van der Waals surface area contributed by atoms with E-state index in [4.69, 9.17) is 4.74 Å². The largest absolute Gasteiger partial charge is 0.457 e. The number of rotatable bonds is 18. The van der Waals surface area contributed by atoms with Crippen molar-refractivity contribution in [2.45, 2.75) is 138 Å². The lowest BCUT2D eigenvalue weighted by Gasteiger charge is -2.33. The molecule has 340 valence electrons. The molecule has 3 atom stereocenters. The first-order chi connectivity index (χ1) is 31.4. The predicted molar refractivity (Wildman–Crippen MR) is 278 cm³/mol. The van der Waals surface area contributed by atoms with Crippen molar-refractivity contribution in [3.8, 4) is 0 Å². The minimum Gasteiger partial charge on any atom is -0.457 e. The van der Waals surface area contributed by atoms with Crippen LogP contribution in [-0.4, -0.2) is 31.2 Å². The van der Waals surface area contributed by atoms with Gasteiger partial charge in [0.15, 0.2) is 0 Å². The summed E-state index contributed by atoms with van der Waals surface area (Å²) in [6.45, 7) is 25.5. The van der Waals surface area contributed by atoms with Crippen molar-refractivity contribution >= 4 is 45.2 Å². The van der Waals surface area contributed by atoms with Gasteiger partial charge in [-0.15, -0.1) is 0 Å². The van der Waals surface area contributed by atoms with E-state index >= 15 is 0 Å². The van der Waals surface area contributed by atoms with Crippen LogP contribution in [0.5, 0.6) is 0 Å². The summed E-state index contributed by atoms with van der Waals surface area (Å²) >= 11 is 0. The molecule has 3 unspecified atom stereocenters. The first-order valence-corrected chi connectivity index (χ1v) is 24.5. The van der Waals surface area contributed by atoms with E-state index in [1.54, 1.807) is 6.92 Å². The van der Waals surface area contributed by atoms with Gasteiger partial charge in [-0.3, -0.25) is 0 Å². The Labute approximate surface area is 390 Å². The van der Waals surface area contributed by atoms with Crippen LogP contribution in [0.3, 0.4) is 0 Å². The second-order valence-electron chi connectivity index (χ2n) is 18.8. The van der Waals surface area contributed by atoms with Crippen molar-refractivity contribution in [2.24, 2.45) is 0 Å². The molecular weight excluding hydrogens is 795 g/mol. The zero-order valence-corrected chi connectivity index (χ0v) is 40.8. The van der Waals surface area contributed by atoms with Gasteiger partial charge in [-0.1, -0.05) is 137 Å². The maximum atomic E-state index is 12.7. The van der Waals surface area contributed by atoms with Crippen molar-refractivity contribution in [2.75, 3.05) is 28.2 Å². The average molecular weight is 868 g/mol. The standard InChI is InChI=1S/C60H73N3O2/c1-11-14-34-62(58-43(8)36-41(6)37-44(58)9)49-28-24-47(25-29-49)57(48-26-30-50(31-27-48)63(35-15-12-2)59-45(10)38-42(7)39-46(59)13-3)53-32-33-54(52-21-17-16-20-51(52)53)61-55-22-18-19-23-56(55)65-60(64)40(4)5/h16-17,20-21,24-33,36-39,55-57,61H,4,11-15,18-19,22-23,34-35H2,1-3,5-10H3. The number of fused-ring (bicyclic) bond motifs is 1. The van der Waals surface area contributed by atoms with Crippen molar-refractivity contribution in [3.05, 3.63) is 171 Å². The third-order valence-electron chi connectivity index (χ3n) is 13.5. The molecule has 5 nitrogen and oxygen atoms in total. The topological polar surface area (TPSA) is 44.8 Å². The molecule has 0 heterocycles. The van der Waals surface area contributed by atoms with Gasteiger partial charge in [-0.25, -0.2) is 4.79 Å². The summed E-state index contributed by atoms with van der Waals surface area (Å²) in [5.41, 5.74) is 18.4. The zero-order valence-electron chi connectivity index (χ0n) is 40.8. The number of carbonyl (C=O) groups excluding carboxylic acids is 1. The summed E-state index contributed by atoms with van der Waals surface area (Å²) in [6.07, 6.45) is 9.24. The number of hydrogen-bond donors (Lipinski definition) is 1. The van der Waals surface area contributed by atoms with Crippen LogP contribution in [0.25, 0.3) is 10.8 Å². The summed E-state index contributed by atoms with van der Waals surface area (Å²) in [6, 6.07) is 41.6. The number of hydrogen-bond acceptors (Lipinski definition) is 5. The Morgan fingerprint density at radius 3 is 1.75 bits per heavy atom. The van der Waals surface area contributed by atoms with Crippen LogP contribution in [0, 0.1) is 34.6 Å². The number of aryl methyl sites for hydroxylation is 6. The normalized spacial score (nSPS) is 15.4. The fourth-order valence-corrected chi connectivity index (χ4v) is 10.5. The highest BCUT2D eigenvalue weighted by Crippen LogP contribution is 2.42. The third kappa shape index (κ3) is 10.7. The highest BCUT2D eigenvalue weighted by atomic mass is 16.5. The molecule has 0 aliphatic heterocycles. The minimum atomic E-state index is -0.310. The van der Waals surface area contributed by atoms with E-state index in [1.165, 1.54) is 83.6 Å². The van der Waals surface area contributed by atoms with Crippen LogP contribution < -0.4 is 15.1 Å². The number of nitrogens with zero attached hydrogens (tertiary/aromatic N) is 2. The number of benzene rings is 6. The van der Waals surface area contributed by atoms with Crippen LogP contribution in [0.1, 0.15) is 135 Å². The molecule has 1 N–H and O–H groups in total. The molecule has 7 rings (SSSR count). The molecule has 1 aliphatic rings. The summed E-state index contributed by atoms with van der Waals surface area (Å²) in [4.78, 5) is 17.8. The Morgan fingerprint density at radius 2 is 1.20 bits per heavy atom. The Hall–Kier alpha value is -5.81. The van der Waals surface area contributed by atoms with Gasteiger partial charge < -0.3 is 19.9 Å². The van der Waals surface area contributed by atoms with Crippen LogP contribution >= 0.6 is 0 Å². The summed E-state index contributed by atoms with van der Waals surface area (Å²) < 4.78 is 6.01. The molecule has 0 amide bonds. The first kappa shape index (κ1) is 47.2. The van der Waals surface area contributed by atoms with Gasteiger partial charge in [-0.05, 0) is 155 Å². The van der Waals surface area contributed by atoms with E-state index in [-0.39, 0.29) is 24.0 Å². The third-order valence-corrected chi connectivity index (χ3v) is 13.5. The molecule has 1 saturated carbocycles. The molecule has 1 fully saturated rings. The molecule has 6 aromatic carbocycles. The van der Waals surface area contributed by atoms with Crippen LogP contribution in [-0.2, 0) is 16.0 Å². The lowest BCUT2D eigenvalue weighted by atomic mass is 9.82. The molecule has 0 bridgehead atoms. The second kappa shape index (κ2) is 21.5. The molecule has 5 heteroatoms. The van der Waals surface area contributed by atoms with Crippen molar-refractivity contribution < 1.29 is 9.53 Å². The van der Waals surface area contributed by atoms with Gasteiger partial charge in [0, 0.05) is 58.4 Å². The number of unbranched alkanes of at least 4 members (excludes halogenated alkanes) is 2. The number of esters is 1. The van der Waals surface area contributed by atoms with E-state index in [0.717, 1.165) is 76.6 Å². The molecule has 6 aromatic rings. The summed E-state index contributed by atoms with van der Waals surface area (Å²) in [5.74, 6) is -0.339.